The molecule has 0 bridgehead atoms. The number of rotatable bonds is 6. The van der Waals surface area contributed by atoms with Crippen LogP contribution in [-0.4, -0.2) is 4.98 Å². The van der Waals surface area contributed by atoms with Crippen LogP contribution in [0.1, 0.15) is 5.69 Å². The van der Waals surface area contributed by atoms with Crippen LogP contribution in [0, 0.1) is 0 Å². The van der Waals surface area contributed by atoms with Crippen molar-refractivity contribution in [2.45, 2.75) is 0 Å². The third-order valence-corrected chi connectivity index (χ3v) is 11.0. The molecule has 0 saturated heterocycles. The maximum absolute atomic E-state index is 15.7. The Bertz CT molecular complexity index is 2190. The molecule has 2 nitrogen and oxygen atoms in total. The van der Waals surface area contributed by atoms with Gasteiger partial charge in [-0.05, 0) is 28.3 Å². The van der Waals surface area contributed by atoms with E-state index in [2.05, 4.69) is 67.2 Å². The minimum Gasteiger partial charge on any atom is -0.309 e. The Hall–Kier alpha value is -5.04. The van der Waals surface area contributed by atoms with E-state index in [0.717, 1.165) is 64.8 Å². The predicted molar refractivity (Wildman–Crippen MR) is 182 cm³/mol. The second kappa shape index (κ2) is 10.7. The molecule has 0 atom stereocenters. The number of benzene rings is 6. The Labute approximate surface area is 245 Å². The molecule has 200 valence electrons. The lowest BCUT2D eigenvalue weighted by Gasteiger charge is -2.23. The molecule has 0 aliphatic rings. The number of aromatic nitrogens is 1. The Balaban J connectivity index is 1.68. The minimum absolute atomic E-state index is 0.812. The van der Waals surface area contributed by atoms with Gasteiger partial charge in [0.1, 0.15) is 0 Å². The molecule has 7 aromatic rings. The quantitative estimate of drug-likeness (QED) is 0.116. The molecule has 0 amide bonds. The van der Waals surface area contributed by atoms with Crippen molar-refractivity contribution in [2.75, 3.05) is 0 Å². The normalized spacial score (nSPS) is 12.3. The Kier molecular flexibility index (Phi) is 6.62. The first-order valence-electron chi connectivity index (χ1n) is 14.0. The zero-order chi connectivity index (χ0) is 28.5. The zero-order valence-corrected chi connectivity index (χ0v) is 23.9. The molecule has 0 aliphatic carbocycles. The molecule has 0 fully saturated rings. The summed E-state index contributed by atoms with van der Waals surface area (Å²) in [6, 6.07) is 43.0. The van der Waals surface area contributed by atoms with Crippen LogP contribution >= 0.6 is 7.14 Å². The lowest BCUT2D eigenvalue weighted by Crippen LogP contribution is -2.25. The average molecular weight is 558 g/mol. The summed E-state index contributed by atoms with van der Waals surface area (Å²) in [5, 5.41) is 9.93. The van der Waals surface area contributed by atoms with E-state index in [0.29, 0.717) is 0 Å². The highest BCUT2D eigenvalue weighted by Crippen LogP contribution is 2.47. The number of allylic oxidation sites excluding steroid dienone is 4. The third kappa shape index (κ3) is 4.20. The van der Waals surface area contributed by atoms with Crippen molar-refractivity contribution < 1.29 is 4.57 Å². The van der Waals surface area contributed by atoms with Crippen molar-refractivity contribution >= 4 is 72.4 Å². The van der Waals surface area contributed by atoms with Gasteiger partial charge in [0, 0.05) is 37.5 Å². The molecule has 1 aromatic heterocycles. The molecule has 0 saturated carbocycles. The van der Waals surface area contributed by atoms with E-state index in [1.165, 1.54) is 0 Å². The van der Waals surface area contributed by atoms with E-state index in [-0.39, 0.29) is 0 Å². The van der Waals surface area contributed by atoms with Crippen LogP contribution in [0.5, 0.6) is 0 Å². The first kappa shape index (κ1) is 25.9. The standard InChI is InChI=1S/C39H28NOP/c1-2-3-4-11-24-36-35-27-37(42(41,29-17-7-5-8-18-29)30-19-9-6-10-20-30)32-22-14-15-23-33(32)38(35)34-26-25-28-16-12-13-21-31(28)39(34)40-36/h2-27H,1H2/b4-3-,24-11+. The van der Waals surface area contributed by atoms with Gasteiger partial charge in [-0.25, -0.2) is 4.98 Å². The van der Waals surface area contributed by atoms with Gasteiger partial charge in [-0.2, -0.15) is 0 Å². The number of pyridine rings is 1. The Morgan fingerprint density at radius 1 is 0.571 bits per heavy atom. The second-order valence-electron chi connectivity index (χ2n) is 10.3. The Morgan fingerprint density at radius 2 is 1.19 bits per heavy atom. The van der Waals surface area contributed by atoms with Crippen molar-refractivity contribution in [3.8, 4) is 0 Å². The van der Waals surface area contributed by atoms with Gasteiger partial charge < -0.3 is 4.57 Å². The van der Waals surface area contributed by atoms with E-state index in [1.54, 1.807) is 6.08 Å². The molecule has 0 radical (unpaired) electrons. The first-order chi connectivity index (χ1) is 20.7. The van der Waals surface area contributed by atoms with Crippen molar-refractivity contribution in [1.29, 1.82) is 0 Å². The third-order valence-electron chi connectivity index (χ3n) is 7.89. The van der Waals surface area contributed by atoms with Gasteiger partial charge in [0.2, 0.25) is 0 Å². The Morgan fingerprint density at radius 3 is 1.88 bits per heavy atom. The van der Waals surface area contributed by atoms with Crippen molar-refractivity contribution in [1.82, 2.24) is 4.98 Å². The molecule has 6 aromatic carbocycles. The molecule has 3 heteroatoms. The molecule has 42 heavy (non-hydrogen) atoms. The summed E-state index contributed by atoms with van der Waals surface area (Å²) < 4.78 is 15.7. The van der Waals surface area contributed by atoms with Crippen LogP contribution in [0.4, 0.5) is 0 Å². The van der Waals surface area contributed by atoms with Gasteiger partial charge in [-0.1, -0.05) is 152 Å². The highest BCUT2D eigenvalue weighted by atomic mass is 31.2. The molecule has 0 aliphatic heterocycles. The van der Waals surface area contributed by atoms with Crippen molar-refractivity contribution in [3.63, 3.8) is 0 Å². The van der Waals surface area contributed by atoms with Crippen LogP contribution in [0.2, 0.25) is 0 Å². The maximum Gasteiger partial charge on any atom is 0.171 e. The maximum atomic E-state index is 15.7. The van der Waals surface area contributed by atoms with E-state index in [4.69, 9.17) is 4.98 Å². The molecule has 0 spiro atoms. The van der Waals surface area contributed by atoms with Gasteiger partial charge >= 0.3 is 0 Å². The van der Waals surface area contributed by atoms with Crippen LogP contribution in [0.3, 0.4) is 0 Å². The summed E-state index contributed by atoms with van der Waals surface area (Å²) in [5.41, 5.74) is 1.79. The number of hydrogen-bond donors (Lipinski definition) is 0. The highest BCUT2D eigenvalue weighted by Gasteiger charge is 2.32. The molecule has 0 N–H and O–H groups in total. The zero-order valence-electron chi connectivity index (χ0n) is 23.0. The summed E-state index contributed by atoms with van der Waals surface area (Å²) in [6.07, 6.45) is 9.64. The monoisotopic (exact) mass is 557 g/mol. The van der Waals surface area contributed by atoms with Gasteiger partial charge in [-0.3, -0.25) is 0 Å². The summed E-state index contributed by atoms with van der Waals surface area (Å²) in [4.78, 5) is 5.27. The van der Waals surface area contributed by atoms with Crippen molar-refractivity contribution in [2.24, 2.45) is 0 Å². The second-order valence-corrected chi connectivity index (χ2v) is 13.0. The number of hydrogen-bond acceptors (Lipinski definition) is 2. The fourth-order valence-electron chi connectivity index (χ4n) is 5.99. The van der Waals surface area contributed by atoms with E-state index >= 15 is 4.57 Å². The van der Waals surface area contributed by atoms with Gasteiger partial charge in [0.05, 0.1) is 11.2 Å². The summed E-state index contributed by atoms with van der Waals surface area (Å²) in [5.74, 6) is 0. The lowest BCUT2D eigenvalue weighted by atomic mass is 9.95. The average Bonchev–Trinajstić information content (AvgIpc) is 3.06. The molecule has 7 rings (SSSR count). The van der Waals surface area contributed by atoms with E-state index in [9.17, 15) is 0 Å². The fraction of sp³-hybridized carbons (Fsp3) is 0. The molecular weight excluding hydrogens is 529 g/mol. The van der Waals surface area contributed by atoms with Gasteiger partial charge in [-0.15, -0.1) is 0 Å². The van der Waals surface area contributed by atoms with Gasteiger partial charge in [0.25, 0.3) is 0 Å². The van der Waals surface area contributed by atoms with E-state index in [1.807, 2.05) is 91.0 Å². The lowest BCUT2D eigenvalue weighted by molar-refractivity contribution is 0.592. The van der Waals surface area contributed by atoms with Crippen LogP contribution in [0.15, 0.2) is 158 Å². The molecule has 1 heterocycles. The fourth-order valence-corrected chi connectivity index (χ4v) is 8.87. The van der Waals surface area contributed by atoms with Crippen LogP contribution < -0.4 is 15.9 Å². The summed E-state index contributed by atoms with van der Waals surface area (Å²) in [7, 11) is -3.26. The molecule has 0 unspecified atom stereocenters. The SMILES string of the molecule is C=C/C=C\C=C\c1nc2c3ccccc3ccc2c2c1cc(P(=O)(c1ccccc1)c1ccccc1)c1ccccc12. The molecular formula is C39H28NOP. The minimum atomic E-state index is -3.26. The van der Waals surface area contributed by atoms with Gasteiger partial charge in [0.15, 0.2) is 7.14 Å². The topological polar surface area (TPSA) is 30.0 Å². The summed E-state index contributed by atoms with van der Waals surface area (Å²) >= 11 is 0. The summed E-state index contributed by atoms with van der Waals surface area (Å²) in [6.45, 7) is 3.79. The number of nitrogens with zero attached hydrogens (tertiary/aromatic N) is 1. The van der Waals surface area contributed by atoms with Crippen LogP contribution in [-0.2, 0) is 4.57 Å². The number of fused-ring (bicyclic) bond motifs is 7. The smallest absolute Gasteiger partial charge is 0.171 e. The van der Waals surface area contributed by atoms with Crippen LogP contribution in [0.25, 0.3) is 49.3 Å². The predicted octanol–water partition coefficient (Wildman–Crippen LogP) is 9.09. The van der Waals surface area contributed by atoms with Crippen molar-refractivity contribution in [3.05, 3.63) is 164 Å². The highest BCUT2D eigenvalue weighted by molar-refractivity contribution is 7.85. The van der Waals surface area contributed by atoms with E-state index < -0.39 is 7.14 Å². The first-order valence-corrected chi connectivity index (χ1v) is 15.8. The largest absolute Gasteiger partial charge is 0.309 e.